The fourth-order valence-electron chi connectivity index (χ4n) is 10.1. The molecule has 0 bridgehead atoms. The second kappa shape index (κ2) is 15.9. The average molecular weight is 811 g/mol. The first-order valence-corrected chi connectivity index (χ1v) is 22.2. The van der Waals surface area contributed by atoms with Crippen molar-refractivity contribution in [2.75, 3.05) is 0 Å². The molecule has 0 spiro atoms. The first-order valence-electron chi connectivity index (χ1n) is 22.2. The highest BCUT2D eigenvalue weighted by molar-refractivity contribution is 6.32. The Kier molecular flexibility index (Phi) is 9.28. The van der Waals surface area contributed by atoms with Gasteiger partial charge in [0.2, 0.25) is 0 Å². The van der Waals surface area contributed by atoms with Gasteiger partial charge in [0.1, 0.15) is 0 Å². The van der Waals surface area contributed by atoms with Gasteiger partial charge in [-0.1, -0.05) is 243 Å². The van der Waals surface area contributed by atoms with Crippen molar-refractivity contribution in [3.63, 3.8) is 0 Å². The molecule has 15 rings (SSSR count). The van der Waals surface area contributed by atoms with Crippen molar-refractivity contribution in [2.24, 2.45) is 0 Å². The van der Waals surface area contributed by atoms with Gasteiger partial charge in [-0.05, 0) is 131 Å². The molecule has 0 aliphatic carbocycles. The molecule has 0 amide bonds. The summed E-state index contributed by atoms with van der Waals surface area (Å²) in [7, 11) is 0. The minimum atomic E-state index is 1.31. The molecule has 0 radical (unpaired) electrons. The zero-order valence-corrected chi connectivity index (χ0v) is 35.2. The van der Waals surface area contributed by atoms with Gasteiger partial charge in [0.15, 0.2) is 0 Å². The maximum Gasteiger partial charge on any atom is -0.00264 e. The van der Waals surface area contributed by atoms with Gasteiger partial charge in [-0.25, -0.2) is 0 Å². The molecule has 15 aromatic rings. The van der Waals surface area contributed by atoms with E-state index in [9.17, 15) is 0 Å². The van der Waals surface area contributed by atoms with Crippen LogP contribution in [0.4, 0.5) is 0 Å². The molecule has 0 aliphatic heterocycles. The van der Waals surface area contributed by atoms with Gasteiger partial charge in [-0.2, -0.15) is 0 Å². The van der Waals surface area contributed by atoms with E-state index >= 15 is 0 Å². The molecule has 64 heavy (non-hydrogen) atoms. The molecule has 0 heterocycles. The van der Waals surface area contributed by atoms with E-state index in [-0.39, 0.29) is 0 Å². The maximum atomic E-state index is 2.25. The van der Waals surface area contributed by atoms with Gasteiger partial charge < -0.3 is 0 Å². The van der Waals surface area contributed by atoms with Crippen LogP contribution < -0.4 is 0 Å². The number of hydrogen-bond donors (Lipinski definition) is 0. The number of benzene rings is 15. The summed E-state index contributed by atoms with van der Waals surface area (Å²) < 4.78 is 0. The van der Waals surface area contributed by atoms with Crippen LogP contribution in [0.25, 0.3) is 118 Å². The highest BCUT2D eigenvalue weighted by Gasteiger charge is 2.12. The lowest BCUT2D eigenvalue weighted by Crippen LogP contribution is -1.85. The van der Waals surface area contributed by atoms with Crippen molar-refractivity contribution in [3.8, 4) is 0 Å². The smallest absolute Gasteiger partial charge is 0.00264 e. The standard InChI is InChI=1S/C20H12.C16H10.2C14H10/c1-5-13-6-2-11-17-18-12-4-8-14-7-3-10-16(20(14)18)15(9-1)19(13)17;1-3-11-7-9-13-5-2-6-14-10-8-12(4-1)15(11)16(13)14;1-3-7-13-11(5-1)9-10-12-6-2-4-8-14(12)13;1-2-6-12-10-14-8-4-3-7-13(14)9-11(12)5-1/h1-12H;1-10H;2*1-10H. The molecule has 0 atom stereocenters. The van der Waals surface area contributed by atoms with Crippen molar-refractivity contribution in [1.29, 1.82) is 0 Å². The molecule has 0 heteroatoms. The van der Waals surface area contributed by atoms with Crippen LogP contribution in [0.5, 0.6) is 0 Å². The lowest BCUT2D eigenvalue weighted by Gasteiger charge is -2.13. The van der Waals surface area contributed by atoms with E-state index in [2.05, 4.69) is 255 Å². The van der Waals surface area contributed by atoms with E-state index in [4.69, 9.17) is 0 Å². The zero-order valence-electron chi connectivity index (χ0n) is 35.2. The third kappa shape index (κ3) is 6.56. The van der Waals surface area contributed by atoms with E-state index in [1.165, 1.54) is 118 Å². The van der Waals surface area contributed by atoms with Crippen LogP contribution in [0.1, 0.15) is 0 Å². The second-order valence-corrected chi connectivity index (χ2v) is 16.8. The second-order valence-electron chi connectivity index (χ2n) is 16.8. The maximum absolute atomic E-state index is 2.25. The van der Waals surface area contributed by atoms with Crippen LogP contribution in [0.15, 0.2) is 255 Å². The average Bonchev–Trinajstić information content (AvgIpc) is 3.37. The molecular weight excluding hydrogens is 769 g/mol. The van der Waals surface area contributed by atoms with Gasteiger partial charge >= 0.3 is 0 Å². The molecule has 0 fully saturated rings. The summed E-state index contributed by atoms with van der Waals surface area (Å²) in [5.41, 5.74) is 0. The van der Waals surface area contributed by atoms with Crippen molar-refractivity contribution < 1.29 is 0 Å². The Morgan fingerprint density at radius 3 is 0.641 bits per heavy atom. The summed E-state index contributed by atoms with van der Waals surface area (Å²) in [6.07, 6.45) is 0. The fraction of sp³-hybridized carbons (Fsp3) is 0. The van der Waals surface area contributed by atoms with Crippen molar-refractivity contribution in [2.45, 2.75) is 0 Å². The van der Waals surface area contributed by atoms with Gasteiger partial charge in [0.25, 0.3) is 0 Å². The topological polar surface area (TPSA) is 0 Å². The predicted molar refractivity (Wildman–Crippen MR) is 281 cm³/mol. The SMILES string of the molecule is c1cc2ccc3cccc4ccc(c1)c2c34.c1cc2cccc3c4cccc5cccc(c(c1)c23)c54.c1ccc2c(c1)ccc1ccccc12.c1ccc2cc3ccccc3cc2c1. The van der Waals surface area contributed by atoms with E-state index in [1.54, 1.807) is 0 Å². The normalized spacial score (nSPS) is 11.4. The van der Waals surface area contributed by atoms with E-state index in [0.717, 1.165) is 0 Å². The quantitative estimate of drug-likeness (QED) is 0.106. The van der Waals surface area contributed by atoms with Crippen LogP contribution >= 0.6 is 0 Å². The van der Waals surface area contributed by atoms with E-state index < -0.39 is 0 Å². The number of hydrogen-bond acceptors (Lipinski definition) is 0. The molecule has 0 aliphatic rings. The Morgan fingerprint density at radius 2 is 0.328 bits per heavy atom. The summed E-state index contributed by atoms with van der Waals surface area (Å²) in [5, 5.41) is 29.6. The fourth-order valence-corrected chi connectivity index (χ4v) is 10.1. The van der Waals surface area contributed by atoms with Crippen molar-refractivity contribution in [3.05, 3.63) is 255 Å². The van der Waals surface area contributed by atoms with Crippen LogP contribution in [-0.4, -0.2) is 0 Å². The largest absolute Gasteiger partial charge is 0.0616 e. The van der Waals surface area contributed by atoms with Crippen LogP contribution in [0, 0.1) is 0 Å². The molecule has 0 N–H and O–H groups in total. The third-order valence-corrected chi connectivity index (χ3v) is 13.1. The summed E-state index contributed by atoms with van der Waals surface area (Å²) in [5.74, 6) is 0. The Hall–Kier alpha value is -8.32. The van der Waals surface area contributed by atoms with Gasteiger partial charge in [-0.15, -0.1) is 0 Å². The summed E-state index contributed by atoms with van der Waals surface area (Å²) in [4.78, 5) is 0. The molecule has 0 saturated heterocycles. The Bertz CT molecular complexity index is 3660. The van der Waals surface area contributed by atoms with E-state index in [1.807, 2.05) is 0 Å². The van der Waals surface area contributed by atoms with Gasteiger partial charge in [0, 0.05) is 0 Å². The highest BCUT2D eigenvalue weighted by Crippen LogP contribution is 2.40. The minimum absolute atomic E-state index is 1.31. The first-order chi connectivity index (χ1) is 31.7. The monoisotopic (exact) mass is 810 g/mol. The van der Waals surface area contributed by atoms with E-state index in [0.29, 0.717) is 0 Å². The van der Waals surface area contributed by atoms with Crippen LogP contribution in [0.3, 0.4) is 0 Å². The molecule has 298 valence electrons. The Labute approximate surface area is 371 Å². The zero-order chi connectivity index (χ0) is 42.4. The number of rotatable bonds is 0. The Balaban J connectivity index is 0.0000000912. The predicted octanol–water partition coefficient (Wildman–Crippen LogP) is 18.3. The van der Waals surface area contributed by atoms with Crippen molar-refractivity contribution >= 4 is 118 Å². The first kappa shape index (κ1) is 37.4. The molecule has 0 saturated carbocycles. The lowest BCUT2D eigenvalue weighted by molar-refractivity contribution is 1.76. The molecule has 0 aromatic heterocycles. The number of fused-ring (bicyclic) bond motifs is 7. The summed E-state index contributed by atoms with van der Waals surface area (Å²) in [6.45, 7) is 0. The summed E-state index contributed by atoms with van der Waals surface area (Å²) in [6, 6.07) is 91.1. The molecular formula is C64H42. The van der Waals surface area contributed by atoms with Gasteiger partial charge in [-0.3, -0.25) is 0 Å². The molecule has 0 nitrogen and oxygen atoms in total. The minimum Gasteiger partial charge on any atom is -0.0616 e. The van der Waals surface area contributed by atoms with Crippen LogP contribution in [0.2, 0.25) is 0 Å². The lowest BCUT2D eigenvalue weighted by atomic mass is 9.90. The highest BCUT2D eigenvalue weighted by atomic mass is 14.1. The molecule has 0 unspecified atom stereocenters. The third-order valence-electron chi connectivity index (χ3n) is 13.1. The van der Waals surface area contributed by atoms with Gasteiger partial charge in [0.05, 0.1) is 0 Å². The Morgan fingerprint density at radius 1 is 0.125 bits per heavy atom. The summed E-state index contributed by atoms with van der Waals surface area (Å²) >= 11 is 0. The van der Waals surface area contributed by atoms with Crippen LogP contribution in [-0.2, 0) is 0 Å². The van der Waals surface area contributed by atoms with Crippen molar-refractivity contribution in [1.82, 2.24) is 0 Å². The molecule has 15 aromatic carbocycles.